The Morgan fingerprint density at radius 3 is 2.58 bits per heavy atom. The highest BCUT2D eigenvalue weighted by Crippen LogP contribution is 2.68. The molecule has 0 saturated carbocycles. The SMILES string of the molecule is CNC(=O)[C@@H]1[C@H]2C(=O)N(CCCCCCO)C(C(=O)Nc3ccc4ccccc4c3)C23S[C@@H]1CC3C. The molecule has 3 unspecified atom stereocenters. The molecular formula is C28H35N3O4S. The molecule has 2 bridgehead atoms. The van der Waals surface area contributed by atoms with Crippen molar-refractivity contribution in [3.8, 4) is 0 Å². The van der Waals surface area contributed by atoms with Crippen LogP contribution in [0, 0.1) is 17.8 Å². The standard InChI is InChI=1S/C28H35N3O4S/c1-17-15-21-22(25(33)29-2)23-27(35)31(13-7-3-4-8-14-32)24(28(17,23)36-21)26(34)30-20-12-11-18-9-5-6-10-19(18)16-20/h5-6,9-12,16-17,21-24,32H,3-4,7-8,13-15H2,1-2H3,(H,29,33)(H,30,34)/t17?,21-,22+,23+,24?,28?/m1/s1. The summed E-state index contributed by atoms with van der Waals surface area (Å²) < 4.78 is -0.606. The van der Waals surface area contributed by atoms with Crippen LogP contribution in [0.1, 0.15) is 39.0 Å². The minimum Gasteiger partial charge on any atom is -0.396 e. The number of rotatable bonds is 9. The normalized spacial score (nSPS) is 30.6. The third-order valence-electron chi connectivity index (χ3n) is 8.37. The Balaban J connectivity index is 1.46. The summed E-state index contributed by atoms with van der Waals surface area (Å²) in [6, 6.07) is 13.2. The Kier molecular flexibility index (Phi) is 7.01. The molecule has 3 fully saturated rings. The lowest BCUT2D eigenvalue weighted by Gasteiger charge is -2.38. The molecule has 6 atom stereocenters. The van der Waals surface area contributed by atoms with E-state index in [-0.39, 0.29) is 35.5 Å². The molecule has 5 rings (SSSR count). The lowest BCUT2D eigenvalue weighted by atomic mass is 9.66. The van der Waals surface area contributed by atoms with E-state index in [4.69, 9.17) is 5.11 Å². The molecule has 3 aliphatic heterocycles. The first-order valence-electron chi connectivity index (χ1n) is 13.0. The predicted molar refractivity (Wildman–Crippen MR) is 143 cm³/mol. The summed E-state index contributed by atoms with van der Waals surface area (Å²) in [5.74, 6) is -1.08. The number of hydrogen-bond acceptors (Lipinski definition) is 5. The van der Waals surface area contributed by atoms with Gasteiger partial charge in [-0.3, -0.25) is 14.4 Å². The third kappa shape index (κ3) is 3.98. The van der Waals surface area contributed by atoms with Gasteiger partial charge in [-0.25, -0.2) is 0 Å². The fourth-order valence-electron chi connectivity index (χ4n) is 6.75. The zero-order valence-electron chi connectivity index (χ0n) is 20.9. The van der Waals surface area contributed by atoms with Crippen molar-refractivity contribution in [2.75, 3.05) is 25.5 Å². The molecule has 36 heavy (non-hydrogen) atoms. The number of aliphatic hydroxyl groups excluding tert-OH is 1. The largest absolute Gasteiger partial charge is 0.396 e. The zero-order valence-corrected chi connectivity index (χ0v) is 21.7. The fraction of sp³-hybridized carbons (Fsp3) is 0.536. The van der Waals surface area contributed by atoms with Gasteiger partial charge in [0.2, 0.25) is 17.7 Å². The van der Waals surface area contributed by atoms with E-state index in [0.717, 1.165) is 42.9 Å². The molecule has 3 saturated heterocycles. The van der Waals surface area contributed by atoms with Gasteiger partial charge in [0.05, 0.1) is 16.6 Å². The number of carbonyl (C=O) groups is 3. The smallest absolute Gasteiger partial charge is 0.248 e. The van der Waals surface area contributed by atoms with Crippen LogP contribution < -0.4 is 10.6 Å². The number of unbranched alkanes of at least 4 members (excludes halogenated alkanes) is 3. The molecule has 1 spiro atoms. The first-order chi connectivity index (χ1) is 17.4. The number of nitrogens with one attached hydrogen (secondary N) is 2. The second kappa shape index (κ2) is 10.1. The first-order valence-corrected chi connectivity index (χ1v) is 13.9. The van der Waals surface area contributed by atoms with Gasteiger partial charge in [-0.15, -0.1) is 11.8 Å². The van der Waals surface area contributed by atoms with Crippen LogP contribution in [0.2, 0.25) is 0 Å². The van der Waals surface area contributed by atoms with Crippen LogP contribution in [0.15, 0.2) is 42.5 Å². The molecule has 2 aromatic rings. The van der Waals surface area contributed by atoms with Crippen molar-refractivity contribution in [1.29, 1.82) is 0 Å². The van der Waals surface area contributed by atoms with Crippen molar-refractivity contribution in [2.45, 2.75) is 55.1 Å². The quantitative estimate of drug-likeness (QED) is 0.450. The van der Waals surface area contributed by atoms with E-state index in [1.807, 2.05) is 42.5 Å². The highest BCUT2D eigenvalue weighted by Gasteiger charge is 2.75. The average Bonchev–Trinajstić information content (AvgIpc) is 3.47. The van der Waals surface area contributed by atoms with E-state index < -0.39 is 22.6 Å². The summed E-state index contributed by atoms with van der Waals surface area (Å²) in [6.07, 6.45) is 4.10. The summed E-state index contributed by atoms with van der Waals surface area (Å²) in [5, 5.41) is 17.2. The van der Waals surface area contributed by atoms with Crippen molar-refractivity contribution >= 4 is 45.9 Å². The van der Waals surface area contributed by atoms with Gasteiger partial charge in [0.1, 0.15) is 6.04 Å². The molecule has 3 N–H and O–H groups in total. The second-order valence-electron chi connectivity index (χ2n) is 10.4. The lowest BCUT2D eigenvalue weighted by Crippen LogP contribution is -2.55. The summed E-state index contributed by atoms with van der Waals surface area (Å²) in [5.41, 5.74) is 0.710. The van der Waals surface area contributed by atoms with Crippen LogP contribution in [0.4, 0.5) is 5.69 Å². The van der Waals surface area contributed by atoms with Gasteiger partial charge >= 0.3 is 0 Å². The van der Waals surface area contributed by atoms with Gasteiger partial charge in [0.15, 0.2) is 0 Å². The Hall–Kier alpha value is -2.58. The number of carbonyl (C=O) groups excluding carboxylic acids is 3. The lowest BCUT2D eigenvalue weighted by molar-refractivity contribution is -0.139. The number of thioether (sulfide) groups is 1. The number of hydrogen-bond donors (Lipinski definition) is 3. The van der Waals surface area contributed by atoms with E-state index in [2.05, 4.69) is 17.6 Å². The summed E-state index contributed by atoms with van der Waals surface area (Å²) in [6.45, 7) is 2.78. The third-order valence-corrected chi connectivity index (χ3v) is 10.4. The van der Waals surface area contributed by atoms with E-state index >= 15 is 0 Å². The minimum atomic E-state index is -0.626. The summed E-state index contributed by atoms with van der Waals surface area (Å²) in [7, 11) is 1.62. The van der Waals surface area contributed by atoms with Crippen LogP contribution in [-0.2, 0) is 14.4 Å². The maximum absolute atomic E-state index is 14.0. The number of anilines is 1. The highest BCUT2D eigenvalue weighted by atomic mass is 32.2. The molecule has 2 aromatic carbocycles. The van der Waals surface area contributed by atoms with Crippen LogP contribution in [0.5, 0.6) is 0 Å². The molecule has 0 aliphatic carbocycles. The maximum Gasteiger partial charge on any atom is 0.248 e. The summed E-state index contributed by atoms with van der Waals surface area (Å²) >= 11 is 1.70. The van der Waals surface area contributed by atoms with Crippen molar-refractivity contribution in [1.82, 2.24) is 10.2 Å². The van der Waals surface area contributed by atoms with Crippen molar-refractivity contribution in [3.63, 3.8) is 0 Å². The van der Waals surface area contributed by atoms with Crippen LogP contribution in [-0.4, -0.2) is 64.0 Å². The molecule has 7 nitrogen and oxygen atoms in total. The number of nitrogens with zero attached hydrogens (tertiary/aromatic N) is 1. The van der Waals surface area contributed by atoms with Crippen molar-refractivity contribution in [2.24, 2.45) is 17.8 Å². The molecule has 0 radical (unpaired) electrons. The Labute approximate surface area is 216 Å². The number of benzene rings is 2. The fourth-order valence-corrected chi connectivity index (χ4v) is 9.17. The van der Waals surface area contributed by atoms with E-state index in [1.54, 1.807) is 23.7 Å². The number of aliphatic hydroxyl groups is 1. The topological polar surface area (TPSA) is 98.7 Å². The molecule has 0 aromatic heterocycles. The minimum absolute atomic E-state index is 0.0524. The highest BCUT2D eigenvalue weighted by molar-refractivity contribution is 8.02. The molecule has 3 amide bonds. The summed E-state index contributed by atoms with van der Waals surface area (Å²) in [4.78, 5) is 42.6. The molecule has 8 heteroatoms. The van der Waals surface area contributed by atoms with Gasteiger partial charge in [-0.1, -0.05) is 50.1 Å². The Bertz CT molecular complexity index is 1170. The Morgan fingerprint density at radius 1 is 1.08 bits per heavy atom. The van der Waals surface area contributed by atoms with Crippen molar-refractivity contribution in [3.05, 3.63) is 42.5 Å². The molecular weight excluding hydrogens is 474 g/mol. The number of likely N-dealkylation sites (tertiary alicyclic amines) is 1. The van der Waals surface area contributed by atoms with E-state index in [1.165, 1.54) is 0 Å². The number of fused-ring (bicyclic) bond motifs is 2. The van der Waals surface area contributed by atoms with Gasteiger partial charge in [0.25, 0.3) is 0 Å². The first kappa shape index (κ1) is 25.1. The zero-order chi connectivity index (χ0) is 25.4. The number of amides is 3. The van der Waals surface area contributed by atoms with Crippen LogP contribution >= 0.6 is 11.8 Å². The van der Waals surface area contributed by atoms with Crippen LogP contribution in [0.25, 0.3) is 10.8 Å². The second-order valence-corrected chi connectivity index (χ2v) is 11.9. The van der Waals surface area contributed by atoms with Gasteiger partial charge in [-0.2, -0.15) is 0 Å². The van der Waals surface area contributed by atoms with Gasteiger partial charge < -0.3 is 20.6 Å². The molecule has 3 heterocycles. The predicted octanol–water partition coefficient (Wildman–Crippen LogP) is 3.41. The Morgan fingerprint density at radius 2 is 1.83 bits per heavy atom. The molecule has 192 valence electrons. The van der Waals surface area contributed by atoms with Crippen LogP contribution in [0.3, 0.4) is 0 Å². The maximum atomic E-state index is 14.0. The van der Waals surface area contributed by atoms with Gasteiger partial charge in [-0.05, 0) is 48.1 Å². The van der Waals surface area contributed by atoms with E-state index in [0.29, 0.717) is 12.2 Å². The average molecular weight is 510 g/mol. The van der Waals surface area contributed by atoms with E-state index in [9.17, 15) is 14.4 Å². The van der Waals surface area contributed by atoms with Gasteiger partial charge in [0, 0.05) is 31.1 Å². The monoisotopic (exact) mass is 509 g/mol. The molecule has 3 aliphatic rings. The van der Waals surface area contributed by atoms with Crippen molar-refractivity contribution < 1.29 is 19.5 Å².